The van der Waals surface area contributed by atoms with Crippen molar-refractivity contribution in [3.63, 3.8) is 0 Å². The van der Waals surface area contributed by atoms with Gasteiger partial charge in [0.2, 0.25) is 5.95 Å². The van der Waals surface area contributed by atoms with Gasteiger partial charge in [-0.1, -0.05) is 48.2 Å². The van der Waals surface area contributed by atoms with E-state index < -0.39 is 11.7 Å². The van der Waals surface area contributed by atoms with Crippen LogP contribution in [0.3, 0.4) is 0 Å². The summed E-state index contributed by atoms with van der Waals surface area (Å²) in [6.45, 7) is 0. The van der Waals surface area contributed by atoms with Gasteiger partial charge in [0.15, 0.2) is 0 Å². The summed E-state index contributed by atoms with van der Waals surface area (Å²) in [5, 5.41) is -0.119. The monoisotopic (exact) mass is 361 g/mol. The van der Waals surface area contributed by atoms with Crippen molar-refractivity contribution in [1.29, 1.82) is 0 Å². The molecule has 0 radical (unpaired) electrons. The Balaban J connectivity index is 2.01. The maximum Gasteiger partial charge on any atom is 0.420 e. The highest BCUT2D eigenvalue weighted by Gasteiger charge is 2.35. The molecule has 0 saturated carbocycles. The molecule has 128 valence electrons. The standard InChI is InChI=1S/C18H14F3N3S/c1-24(13-8-4-2-5-9-13)17-22-12-15(18(19,20)21)16(23-17)25-14-10-6-3-7-11-14/h2-12H,1H3. The lowest BCUT2D eigenvalue weighted by atomic mass is 10.3. The number of benzene rings is 2. The molecule has 0 fully saturated rings. The zero-order chi connectivity index (χ0) is 17.9. The average molecular weight is 361 g/mol. The van der Waals surface area contributed by atoms with Gasteiger partial charge in [-0.2, -0.15) is 13.2 Å². The van der Waals surface area contributed by atoms with Gasteiger partial charge in [0.25, 0.3) is 0 Å². The molecule has 3 aromatic rings. The molecule has 0 aliphatic rings. The van der Waals surface area contributed by atoms with E-state index in [1.807, 2.05) is 36.4 Å². The molecule has 25 heavy (non-hydrogen) atoms. The molecule has 0 aliphatic carbocycles. The summed E-state index contributed by atoms with van der Waals surface area (Å²) in [5.41, 5.74) is -0.0514. The first-order valence-corrected chi connectivity index (χ1v) is 8.23. The Kier molecular flexibility index (Phi) is 4.94. The maximum absolute atomic E-state index is 13.3. The first-order chi connectivity index (χ1) is 11.9. The van der Waals surface area contributed by atoms with Gasteiger partial charge >= 0.3 is 6.18 Å². The zero-order valence-electron chi connectivity index (χ0n) is 13.2. The second-order valence-corrected chi connectivity index (χ2v) is 6.26. The second kappa shape index (κ2) is 7.14. The molecular weight excluding hydrogens is 347 g/mol. The van der Waals surface area contributed by atoms with E-state index in [-0.39, 0.29) is 11.0 Å². The Labute approximate surface area is 147 Å². The number of halogens is 3. The predicted molar refractivity (Wildman–Crippen MR) is 92.1 cm³/mol. The summed E-state index contributed by atoms with van der Waals surface area (Å²) >= 11 is 0.970. The largest absolute Gasteiger partial charge is 0.420 e. The molecule has 0 aliphatic heterocycles. The van der Waals surface area contributed by atoms with Crippen LogP contribution in [0.5, 0.6) is 0 Å². The van der Waals surface area contributed by atoms with Crippen molar-refractivity contribution in [2.45, 2.75) is 16.1 Å². The number of anilines is 2. The lowest BCUT2D eigenvalue weighted by Crippen LogP contribution is -2.16. The first-order valence-electron chi connectivity index (χ1n) is 7.41. The van der Waals surface area contributed by atoms with E-state index >= 15 is 0 Å². The topological polar surface area (TPSA) is 29.0 Å². The van der Waals surface area contributed by atoms with Gasteiger partial charge in [-0.15, -0.1) is 0 Å². The lowest BCUT2D eigenvalue weighted by molar-refractivity contribution is -0.140. The van der Waals surface area contributed by atoms with Gasteiger partial charge in [-0.25, -0.2) is 9.97 Å². The SMILES string of the molecule is CN(c1ccccc1)c1ncc(C(F)(F)F)c(Sc2ccccc2)n1. The van der Waals surface area contributed by atoms with Crippen molar-refractivity contribution >= 4 is 23.4 Å². The molecular formula is C18H14F3N3S. The smallest absolute Gasteiger partial charge is 0.314 e. The number of aromatic nitrogens is 2. The Morgan fingerprint density at radius 2 is 1.52 bits per heavy atom. The number of rotatable bonds is 4. The molecule has 3 rings (SSSR count). The van der Waals surface area contributed by atoms with Crippen LogP contribution in [0.15, 0.2) is 76.8 Å². The summed E-state index contributed by atoms with van der Waals surface area (Å²) < 4.78 is 39.9. The number of hydrogen-bond donors (Lipinski definition) is 0. The quantitative estimate of drug-likeness (QED) is 0.581. The summed E-state index contributed by atoms with van der Waals surface area (Å²) in [7, 11) is 1.72. The van der Waals surface area contributed by atoms with E-state index in [0.717, 1.165) is 23.6 Å². The van der Waals surface area contributed by atoms with Crippen LogP contribution in [0.2, 0.25) is 0 Å². The fourth-order valence-corrected chi connectivity index (χ4v) is 3.08. The van der Waals surface area contributed by atoms with Crippen molar-refractivity contribution < 1.29 is 13.2 Å². The third kappa shape index (κ3) is 4.11. The second-order valence-electron chi connectivity index (χ2n) is 5.20. The van der Waals surface area contributed by atoms with Gasteiger partial charge in [-0.05, 0) is 24.3 Å². The van der Waals surface area contributed by atoms with Gasteiger partial charge < -0.3 is 4.90 Å². The van der Waals surface area contributed by atoms with E-state index in [0.29, 0.717) is 4.90 Å². The van der Waals surface area contributed by atoms with Crippen LogP contribution in [0.1, 0.15) is 5.56 Å². The van der Waals surface area contributed by atoms with Crippen LogP contribution in [-0.4, -0.2) is 17.0 Å². The van der Waals surface area contributed by atoms with Gasteiger partial charge in [0.05, 0.1) is 0 Å². The van der Waals surface area contributed by atoms with Crippen molar-refractivity contribution in [1.82, 2.24) is 9.97 Å². The summed E-state index contributed by atoms with van der Waals surface area (Å²) in [4.78, 5) is 10.4. The fourth-order valence-electron chi connectivity index (χ4n) is 2.16. The molecule has 0 unspecified atom stereocenters. The first kappa shape index (κ1) is 17.3. The van der Waals surface area contributed by atoms with Crippen molar-refractivity contribution in [3.05, 3.63) is 72.4 Å². The van der Waals surface area contributed by atoms with E-state index in [1.165, 1.54) is 0 Å². The average Bonchev–Trinajstić information content (AvgIpc) is 2.62. The van der Waals surface area contributed by atoms with Crippen LogP contribution in [0.4, 0.5) is 24.8 Å². The number of hydrogen-bond acceptors (Lipinski definition) is 4. The molecule has 7 heteroatoms. The number of para-hydroxylation sites is 1. The molecule has 0 saturated heterocycles. The molecule has 1 aromatic heterocycles. The molecule has 1 heterocycles. The highest BCUT2D eigenvalue weighted by molar-refractivity contribution is 7.99. The zero-order valence-corrected chi connectivity index (χ0v) is 14.1. The molecule has 0 amide bonds. The van der Waals surface area contributed by atoms with E-state index in [4.69, 9.17) is 0 Å². The third-order valence-corrected chi connectivity index (χ3v) is 4.46. The molecule has 0 N–H and O–H groups in total. The summed E-state index contributed by atoms with van der Waals surface area (Å²) in [6, 6.07) is 18.1. The van der Waals surface area contributed by atoms with Crippen LogP contribution in [0, 0.1) is 0 Å². The minimum atomic E-state index is -4.51. The Hall–Kier alpha value is -2.54. The Morgan fingerprint density at radius 3 is 2.12 bits per heavy atom. The molecule has 2 aromatic carbocycles. The molecule has 0 spiro atoms. The van der Waals surface area contributed by atoms with E-state index in [1.54, 1.807) is 36.2 Å². The summed E-state index contributed by atoms with van der Waals surface area (Å²) in [5.74, 6) is 0.206. The molecule has 3 nitrogen and oxygen atoms in total. The van der Waals surface area contributed by atoms with E-state index in [2.05, 4.69) is 9.97 Å². The van der Waals surface area contributed by atoms with Crippen LogP contribution < -0.4 is 4.90 Å². The van der Waals surface area contributed by atoms with Gasteiger partial charge in [-0.3, -0.25) is 0 Å². The fraction of sp³-hybridized carbons (Fsp3) is 0.111. The molecule has 0 bridgehead atoms. The van der Waals surface area contributed by atoms with Gasteiger partial charge in [0, 0.05) is 23.8 Å². The van der Waals surface area contributed by atoms with Crippen molar-refractivity contribution in [2.24, 2.45) is 0 Å². The minimum absolute atomic E-state index is 0.119. The minimum Gasteiger partial charge on any atom is -0.314 e. The summed E-state index contributed by atoms with van der Waals surface area (Å²) in [6.07, 6.45) is -3.67. The Bertz CT molecular complexity index is 839. The number of alkyl halides is 3. The predicted octanol–water partition coefficient (Wildman–Crippen LogP) is 5.41. The Morgan fingerprint density at radius 1 is 0.920 bits per heavy atom. The van der Waals surface area contributed by atoms with E-state index in [9.17, 15) is 13.2 Å². The van der Waals surface area contributed by atoms with Gasteiger partial charge in [0.1, 0.15) is 10.6 Å². The normalized spacial score (nSPS) is 11.4. The highest BCUT2D eigenvalue weighted by Crippen LogP contribution is 2.39. The van der Waals surface area contributed by atoms with Crippen molar-refractivity contribution in [2.75, 3.05) is 11.9 Å². The van der Waals surface area contributed by atoms with Crippen molar-refractivity contribution in [3.8, 4) is 0 Å². The maximum atomic E-state index is 13.3. The lowest BCUT2D eigenvalue weighted by Gasteiger charge is -2.19. The van der Waals surface area contributed by atoms with Crippen LogP contribution in [-0.2, 0) is 6.18 Å². The number of nitrogens with zero attached hydrogens (tertiary/aromatic N) is 3. The third-order valence-electron chi connectivity index (χ3n) is 3.45. The molecule has 0 atom stereocenters. The highest BCUT2D eigenvalue weighted by atomic mass is 32.2. The van der Waals surface area contributed by atoms with Crippen LogP contribution in [0.25, 0.3) is 0 Å². The van der Waals surface area contributed by atoms with Crippen LogP contribution >= 0.6 is 11.8 Å².